The molecular formula is C14H20Cl2O7. The van der Waals surface area contributed by atoms with Crippen molar-refractivity contribution >= 4 is 35.0 Å². The molecule has 2 bridgehead atoms. The summed E-state index contributed by atoms with van der Waals surface area (Å²) >= 11 is 13.5. The molecule has 0 radical (unpaired) electrons. The predicted molar refractivity (Wildman–Crippen MR) is 80.4 cm³/mol. The first-order valence-electron chi connectivity index (χ1n) is 6.94. The molecule has 0 saturated heterocycles. The summed E-state index contributed by atoms with van der Waals surface area (Å²) in [6.07, 6.45) is 0.125. The first-order chi connectivity index (χ1) is 10.7. The van der Waals surface area contributed by atoms with Crippen LogP contribution in [0.2, 0.25) is 0 Å². The zero-order valence-electron chi connectivity index (χ0n) is 13.6. The molecule has 0 aromatic heterocycles. The van der Waals surface area contributed by atoms with Gasteiger partial charge in [0.05, 0.1) is 6.61 Å². The lowest BCUT2D eigenvalue weighted by molar-refractivity contribution is -0.270. The van der Waals surface area contributed by atoms with Crippen LogP contribution in [0.4, 0.5) is 0 Å². The summed E-state index contributed by atoms with van der Waals surface area (Å²) in [7, 11) is 5.26. The number of carbonyl (C=O) groups excluding carboxylic acids is 2. The molecule has 0 N–H and O–H groups in total. The summed E-state index contributed by atoms with van der Waals surface area (Å²) in [5, 5.41) is 0. The van der Waals surface area contributed by atoms with Gasteiger partial charge < -0.3 is 23.7 Å². The first-order valence-corrected chi connectivity index (χ1v) is 7.69. The van der Waals surface area contributed by atoms with E-state index in [2.05, 4.69) is 0 Å². The topological polar surface area (TPSA) is 80.3 Å². The van der Waals surface area contributed by atoms with Crippen LogP contribution in [0.15, 0.2) is 0 Å². The largest absolute Gasteiger partial charge is 0.465 e. The Morgan fingerprint density at radius 1 is 1.13 bits per heavy atom. The number of Topliss-reactive ketones (excluding diaryl/α,β-unsaturated/α-hetero) is 1. The second kappa shape index (κ2) is 5.82. The van der Waals surface area contributed by atoms with E-state index in [1.807, 2.05) is 0 Å². The highest BCUT2D eigenvalue weighted by molar-refractivity contribution is 6.44. The number of hydrogen-bond donors (Lipinski definition) is 0. The fourth-order valence-electron chi connectivity index (χ4n) is 3.96. The van der Waals surface area contributed by atoms with Crippen LogP contribution in [-0.4, -0.2) is 68.1 Å². The molecule has 7 nitrogen and oxygen atoms in total. The van der Waals surface area contributed by atoms with E-state index in [0.29, 0.717) is 0 Å². The number of alkyl halides is 2. The van der Waals surface area contributed by atoms with Gasteiger partial charge in [-0.3, -0.25) is 9.59 Å². The van der Waals surface area contributed by atoms with Crippen LogP contribution in [0.3, 0.4) is 0 Å². The fourth-order valence-corrected chi connectivity index (χ4v) is 5.32. The summed E-state index contributed by atoms with van der Waals surface area (Å²) in [6.45, 7) is 1.16. The fraction of sp³-hybridized carbons (Fsp3) is 0.857. The molecule has 0 heterocycles. The van der Waals surface area contributed by atoms with Crippen molar-refractivity contribution in [1.82, 2.24) is 0 Å². The van der Waals surface area contributed by atoms with Gasteiger partial charge in [-0.2, -0.15) is 0 Å². The summed E-state index contributed by atoms with van der Waals surface area (Å²) < 4.78 is 26.7. The standard InChI is InChI=1S/C14H20Cl2O7/c1-8(17)23-7-9-6-11(15)13(19-2,20-3)10(18)12(9,16)14(11,21-4)22-5/h9H,6-7H2,1-5H3/t9-,11-,12+/m0/s1. The number of ether oxygens (including phenoxy) is 5. The normalized spacial score (nSPS) is 37.2. The second-order valence-electron chi connectivity index (χ2n) is 5.60. The van der Waals surface area contributed by atoms with Crippen molar-refractivity contribution in [1.29, 1.82) is 0 Å². The Hall–Kier alpha value is -0.440. The number of halogens is 2. The average Bonchev–Trinajstić information content (AvgIpc) is 2.79. The number of ketones is 1. The van der Waals surface area contributed by atoms with Gasteiger partial charge in [0, 0.05) is 41.3 Å². The SMILES string of the molecule is COC1(OC)C(=O)[C@]2(Cl)[C@H](COC(C)=O)C[C@@]1(Cl)C2(OC)OC. The van der Waals surface area contributed by atoms with E-state index >= 15 is 0 Å². The Bertz CT molecular complexity index is 517. The summed E-state index contributed by atoms with van der Waals surface area (Å²) in [5.41, 5.74) is 0. The van der Waals surface area contributed by atoms with Crippen LogP contribution in [-0.2, 0) is 33.3 Å². The van der Waals surface area contributed by atoms with Crippen LogP contribution >= 0.6 is 23.2 Å². The molecule has 2 aliphatic carbocycles. The molecule has 9 heteroatoms. The Labute approximate surface area is 144 Å². The van der Waals surface area contributed by atoms with Gasteiger partial charge in [-0.15, -0.1) is 23.2 Å². The molecule has 0 aromatic carbocycles. The number of carbonyl (C=O) groups is 2. The van der Waals surface area contributed by atoms with Crippen LogP contribution < -0.4 is 0 Å². The summed E-state index contributed by atoms with van der Waals surface area (Å²) in [4.78, 5) is 20.9. The number of esters is 1. The number of methoxy groups -OCH3 is 4. The minimum Gasteiger partial charge on any atom is -0.465 e. The number of rotatable bonds is 6. The maximum atomic E-state index is 13.1. The molecule has 2 aliphatic rings. The molecule has 0 aromatic rings. The number of fused-ring (bicyclic) bond motifs is 2. The van der Waals surface area contributed by atoms with Gasteiger partial charge in [-0.05, 0) is 6.42 Å². The molecule has 0 aliphatic heterocycles. The van der Waals surface area contributed by atoms with E-state index in [-0.39, 0.29) is 13.0 Å². The Morgan fingerprint density at radius 3 is 2.04 bits per heavy atom. The minimum absolute atomic E-state index is 0.100. The van der Waals surface area contributed by atoms with E-state index < -0.39 is 39.0 Å². The van der Waals surface area contributed by atoms with Gasteiger partial charge in [0.15, 0.2) is 9.75 Å². The summed E-state index contributed by atoms with van der Waals surface area (Å²) in [5.74, 6) is -5.30. The van der Waals surface area contributed by atoms with E-state index in [9.17, 15) is 9.59 Å². The highest BCUT2D eigenvalue weighted by atomic mass is 35.5. The molecule has 0 spiro atoms. The van der Waals surface area contributed by atoms with Crippen molar-refractivity contribution in [3.05, 3.63) is 0 Å². The Morgan fingerprint density at radius 2 is 1.65 bits per heavy atom. The smallest absolute Gasteiger partial charge is 0.302 e. The Balaban J connectivity index is 2.61. The third kappa shape index (κ3) is 1.86. The van der Waals surface area contributed by atoms with Gasteiger partial charge in [-0.25, -0.2) is 0 Å². The number of hydrogen-bond acceptors (Lipinski definition) is 7. The van der Waals surface area contributed by atoms with Crippen molar-refractivity contribution in [2.24, 2.45) is 5.92 Å². The third-order valence-corrected chi connectivity index (χ3v) is 6.26. The maximum absolute atomic E-state index is 13.1. The average molecular weight is 371 g/mol. The summed E-state index contributed by atoms with van der Waals surface area (Å²) in [6, 6.07) is 0. The molecular weight excluding hydrogens is 351 g/mol. The monoisotopic (exact) mass is 370 g/mol. The lowest BCUT2D eigenvalue weighted by Crippen LogP contribution is -2.62. The van der Waals surface area contributed by atoms with Crippen molar-refractivity contribution in [3.63, 3.8) is 0 Å². The van der Waals surface area contributed by atoms with Gasteiger partial charge in [0.1, 0.15) is 0 Å². The lowest BCUT2D eigenvalue weighted by Gasteiger charge is -2.42. The third-order valence-electron chi connectivity index (χ3n) is 4.88. The zero-order chi connectivity index (χ0) is 17.7. The van der Waals surface area contributed by atoms with Gasteiger partial charge in [-0.1, -0.05) is 0 Å². The maximum Gasteiger partial charge on any atom is 0.302 e. The van der Waals surface area contributed by atoms with Gasteiger partial charge in [0.25, 0.3) is 5.79 Å². The van der Waals surface area contributed by atoms with E-state index in [4.69, 9.17) is 46.9 Å². The quantitative estimate of drug-likeness (QED) is 0.393. The minimum atomic E-state index is -1.84. The molecule has 0 amide bonds. The molecule has 2 saturated carbocycles. The lowest BCUT2D eigenvalue weighted by atomic mass is 9.83. The second-order valence-corrected chi connectivity index (χ2v) is 6.84. The molecule has 2 fully saturated rings. The van der Waals surface area contributed by atoms with E-state index in [0.717, 1.165) is 0 Å². The molecule has 23 heavy (non-hydrogen) atoms. The first kappa shape index (κ1) is 18.9. The van der Waals surface area contributed by atoms with Crippen LogP contribution in [0, 0.1) is 5.92 Å². The van der Waals surface area contributed by atoms with E-state index in [1.54, 1.807) is 0 Å². The molecule has 132 valence electrons. The van der Waals surface area contributed by atoms with Gasteiger partial charge >= 0.3 is 5.97 Å². The highest BCUT2D eigenvalue weighted by Crippen LogP contribution is 2.70. The molecule has 0 unspecified atom stereocenters. The Kier molecular flexibility index (Phi) is 4.78. The van der Waals surface area contributed by atoms with Crippen molar-refractivity contribution in [2.45, 2.75) is 34.7 Å². The van der Waals surface area contributed by atoms with Crippen LogP contribution in [0.5, 0.6) is 0 Å². The van der Waals surface area contributed by atoms with Crippen molar-refractivity contribution < 1.29 is 33.3 Å². The van der Waals surface area contributed by atoms with Crippen molar-refractivity contribution in [3.8, 4) is 0 Å². The molecule has 2 rings (SSSR count). The van der Waals surface area contributed by atoms with Crippen LogP contribution in [0.1, 0.15) is 13.3 Å². The van der Waals surface area contributed by atoms with Crippen LogP contribution in [0.25, 0.3) is 0 Å². The van der Waals surface area contributed by atoms with E-state index in [1.165, 1.54) is 35.4 Å². The predicted octanol–water partition coefficient (Wildman–Crippen LogP) is 1.09. The van der Waals surface area contributed by atoms with Gasteiger partial charge in [0.2, 0.25) is 11.6 Å². The zero-order valence-corrected chi connectivity index (χ0v) is 15.1. The molecule has 3 atom stereocenters. The highest BCUT2D eigenvalue weighted by Gasteiger charge is 2.92. The van der Waals surface area contributed by atoms with Crippen molar-refractivity contribution in [2.75, 3.05) is 35.0 Å².